The molecule has 0 aliphatic carbocycles. The zero-order chi connectivity index (χ0) is 10.2. The van der Waals surface area contributed by atoms with E-state index in [-0.39, 0.29) is 12.2 Å². The second-order valence-electron chi connectivity index (χ2n) is 2.58. The van der Waals surface area contributed by atoms with E-state index < -0.39 is 0 Å². The van der Waals surface area contributed by atoms with Crippen LogP contribution < -0.4 is 0 Å². The highest BCUT2D eigenvalue weighted by Crippen LogP contribution is 2.03. The molecule has 0 aliphatic heterocycles. The topological polar surface area (TPSA) is 65.8 Å². The third-order valence-corrected chi connectivity index (χ3v) is 1.62. The highest BCUT2D eigenvalue weighted by molar-refractivity contribution is 5.96. The van der Waals surface area contributed by atoms with Crippen molar-refractivity contribution in [2.24, 2.45) is 5.11 Å². The van der Waals surface area contributed by atoms with Crippen LogP contribution in [0.3, 0.4) is 0 Å². The molecule has 0 saturated heterocycles. The Bertz CT molecular complexity index is 378. The summed E-state index contributed by atoms with van der Waals surface area (Å²) in [5.74, 6) is 0.00925. The quantitative estimate of drug-likeness (QED) is 0.309. The van der Waals surface area contributed by atoms with Crippen molar-refractivity contribution in [2.45, 2.75) is 6.42 Å². The molecule has 0 saturated carbocycles. The fraction of sp³-hybridized carbons (Fsp3) is 0.100. The first-order valence-electron chi connectivity index (χ1n) is 4.12. The lowest BCUT2D eigenvalue weighted by atomic mass is 10.1. The number of benzene rings is 1. The Hall–Kier alpha value is -2.06. The first kappa shape index (κ1) is 10.0. The van der Waals surface area contributed by atoms with Crippen molar-refractivity contribution in [2.75, 3.05) is 0 Å². The number of nitrogens with zero attached hydrogens (tertiary/aromatic N) is 3. The Balaban J connectivity index is 2.56. The number of ketones is 1. The van der Waals surface area contributed by atoms with E-state index in [9.17, 15) is 4.79 Å². The molecular weight excluding hydrogens is 178 g/mol. The van der Waals surface area contributed by atoms with Crippen molar-refractivity contribution in [1.29, 1.82) is 0 Å². The van der Waals surface area contributed by atoms with E-state index in [2.05, 4.69) is 10.0 Å². The summed E-state index contributed by atoms with van der Waals surface area (Å²) in [6.45, 7) is 0. The van der Waals surface area contributed by atoms with Crippen LogP contribution in [0.4, 0.5) is 0 Å². The van der Waals surface area contributed by atoms with Gasteiger partial charge < -0.3 is 0 Å². The average molecular weight is 187 g/mol. The summed E-state index contributed by atoms with van der Waals surface area (Å²) in [6.07, 6.45) is 3.07. The number of azide groups is 1. The van der Waals surface area contributed by atoms with Gasteiger partial charge in [-0.25, -0.2) is 0 Å². The molecule has 0 unspecified atom stereocenters. The first-order chi connectivity index (χ1) is 6.84. The van der Waals surface area contributed by atoms with Gasteiger partial charge in [0, 0.05) is 16.9 Å². The number of carbonyl (C=O) groups is 1. The summed E-state index contributed by atoms with van der Waals surface area (Å²) >= 11 is 0. The molecule has 0 amide bonds. The van der Waals surface area contributed by atoms with E-state index in [0.717, 1.165) is 0 Å². The number of rotatable bonds is 4. The van der Waals surface area contributed by atoms with E-state index >= 15 is 0 Å². The summed E-state index contributed by atoms with van der Waals surface area (Å²) in [6, 6.07) is 8.98. The van der Waals surface area contributed by atoms with Gasteiger partial charge in [-0.1, -0.05) is 41.5 Å². The summed E-state index contributed by atoms with van der Waals surface area (Å²) in [5.41, 5.74) is 8.64. The number of hydrogen-bond donors (Lipinski definition) is 0. The first-order valence-corrected chi connectivity index (χ1v) is 4.12. The van der Waals surface area contributed by atoms with Crippen molar-refractivity contribution >= 4 is 5.78 Å². The maximum atomic E-state index is 11.4. The summed E-state index contributed by atoms with van der Waals surface area (Å²) < 4.78 is 0. The Labute approximate surface area is 81.5 Å². The Morgan fingerprint density at radius 3 is 2.79 bits per heavy atom. The molecule has 0 atom stereocenters. The summed E-state index contributed by atoms with van der Waals surface area (Å²) in [7, 11) is 0. The Morgan fingerprint density at radius 1 is 1.43 bits per heavy atom. The lowest BCUT2D eigenvalue weighted by Gasteiger charge is -1.94. The van der Waals surface area contributed by atoms with Crippen molar-refractivity contribution < 1.29 is 4.79 Å². The van der Waals surface area contributed by atoms with Gasteiger partial charge >= 0.3 is 0 Å². The molecule has 1 aromatic rings. The molecule has 1 rings (SSSR count). The fourth-order valence-corrected chi connectivity index (χ4v) is 0.979. The van der Waals surface area contributed by atoms with Gasteiger partial charge in [0.05, 0.1) is 0 Å². The minimum atomic E-state index is 0.00925. The smallest absolute Gasteiger partial charge is 0.166 e. The minimum Gasteiger partial charge on any atom is -0.294 e. The van der Waals surface area contributed by atoms with Crippen LogP contribution in [-0.2, 0) is 0 Å². The zero-order valence-electron chi connectivity index (χ0n) is 7.50. The van der Waals surface area contributed by atoms with Crippen molar-refractivity contribution in [3.05, 3.63) is 58.6 Å². The molecule has 0 heterocycles. The molecule has 0 bridgehead atoms. The standard InChI is InChI=1S/C10H9N3O/c11-13-12-8-4-7-10(14)9-5-2-1-3-6-9/h1-6,8H,7H2/b8-4+. The van der Waals surface area contributed by atoms with Gasteiger partial charge in [-0.05, 0) is 11.7 Å². The van der Waals surface area contributed by atoms with E-state index in [4.69, 9.17) is 5.53 Å². The van der Waals surface area contributed by atoms with Crippen LogP contribution in [0.1, 0.15) is 16.8 Å². The average Bonchev–Trinajstić information content (AvgIpc) is 2.25. The van der Waals surface area contributed by atoms with E-state index in [1.807, 2.05) is 18.2 Å². The Kier molecular flexibility index (Phi) is 3.98. The number of Topliss-reactive ketones (excluding diaryl/α,β-unsaturated/α-hetero) is 1. The maximum absolute atomic E-state index is 11.4. The molecule has 14 heavy (non-hydrogen) atoms. The second kappa shape index (κ2) is 5.56. The molecule has 4 nitrogen and oxygen atoms in total. The summed E-state index contributed by atoms with van der Waals surface area (Å²) in [4.78, 5) is 14.0. The lowest BCUT2D eigenvalue weighted by Crippen LogP contribution is -1.95. The molecule has 0 radical (unpaired) electrons. The van der Waals surface area contributed by atoms with Gasteiger partial charge in [-0.3, -0.25) is 4.79 Å². The van der Waals surface area contributed by atoms with Crippen molar-refractivity contribution in [3.8, 4) is 0 Å². The minimum absolute atomic E-state index is 0.00925. The monoisotopic (exact) mass is 187 g/mol. The molecular formula is C10H9N3O. The molecule has 0 fully saturated rings. The van der Waals surface area contributed by atoms with Gasteiger partial charge in [0.1, 0.15) is 0 Å². The SMILES string of the molecule is [N-]=[N+]=N/C=C/CC(=O)c1ccccc1. The molecule has 0 aromatic heterocycles. The number of allylic oxidation sites excluding steroid dienone is 1. The number of hydrogen-bond acceptors (Lipinski definition) is 2. The summed E-state index contributed by atoms with van der Waals surface area (Å²) in [5, 5.41) is 3.19. The molecule has 4 heteroatoms. The highest BCUT2D eigenvalue weighted by atomic mass is 16.1. The molecule has 0 N–H and O–H groups in total. The molecule has 0 spiro atoms. The third kappa shape index (κ3) is 3.13. The fourth-order valence-electron chi connectivity index (χ4n) is 0.979. The normalized spacial score (nSPS) is 9.71. The van der Waals surface area contributed by atoms with Crippen molar-refractivity contribution in [1.82, 2.24) is 0 Å². The predicted octanol–water partition coefficient (Wildman–Crippen LogP) is 3.08. The van der Waals surface area contributed by atoms with Gasteiger partial charge in [-0.2, -0.15) is 0 Å². The van der Waals surface area contributed by atoms with Crippen LogP contribution >= 0.6 is 0 Å². The van der Waals surface area contributed by atoms with Crippen LogP contribution in [0.2, 0.25) is 0 Å². The maximum Gasteiger partial charge on any atom is 0.166 e. The molecule has 1 aromatic carbocycles. The highest BCUT2D eigenvalue weighted by Gasteiger charge is 2.00. The van der Waals surface area contributed by atoms with Gasteiger partial charge in [0.25, 0.3) is 0 Å². The Morgan fingerprint density at radius 2 is 2.14 bits per heavy atom. The van der Waals surface area contributed by atoms with E-state index in [0.29, 0.717) is 5.56 Å². The van der Waals surface area contributed by atoms with E-state index in [1.54, 1.807) is 12.1 Å². The van der Waals surface area contributed by atoms with Crippen LogP contribution in [0.5, 0.6) is 0 Å². The second-order valence-corrected chi connectivity index (χ2v) is 2.58. The number of carbonyl (C=O) groups excluding carboxylic acids is 1. The molecule has 70 valence electrons. The van der Waals surface area contributed by atoms with Crippen LogP contribution in [-0.4, -0.2) is 5.78 Å². The predicted molar refractivity (Wildman–Crippen MR) is 53.7 cm³/mol. The third-order valence-electron chi connectivity index (χ3n) is 1.62. The van der Waals surface area contributed by atoms with E-state index in [1.165, 1.54) is 12.3 Å². The van der Waals surface area contributed by atoms with Crippen LogP contribution in [0.25, 0.3) is 10.4 Å². The van der Waals surface area contributed by atoms with Gasteiger partial charge in [0.15, 0.2) is 5.78 Å². The largest absolute Gasteiger partial charge is 0.294 e. The molecule has 0 aliphatic rings. The van der Waals surface area contributed by atoms with Crippen LogP contribution in [0, 0.1) is 0 Å². The van der Waals surface area contributed by atoms with Crippen LogP contribution in [0.15, 0.2) is 47.7 Å². The zero-order valence-corrected chi connectivity index (χ0v) is 7.50. The van der Waals surface area contributed by atoms with Gasteiger partial charge in [0.2, 0.25) is 0 Å². The van der Waals surface area contributed by atoms with Gasteiger partial charge in [-0.15, -0.1) is 0 Å². The lowest BCUT2D eigenvalue weighted by molar-refractivity contribution is 0.0996. The van der Waals surface area contributed by atoms with Crippen molar-refractivity contribution in [3.63, 3.8) is 0 Å².